The monoisotopic (exact) mass is 243 g/mol. The molecule has 0 bridgehead atoms. The van der Waals surface area contributed by atoms with Crippen LogP contribution in [-0.2, 0) is 9.47 Å². The summed E-state index contributed by atoms with van der Waals surface area (Å²) in [4.78, 5) is 0. The first-order valence-electron chi connectivity index (χ1n) is 7.19. The summed E-state index contributed by atoms with van der Waals surface area (Å²) in [6.45, 7) is 9.36. The van der Waals surface area contributed by atoms with E-state index in [0.717, 1.165) is 32.6 Å². The molecule has 0 radical (unpaired) electrons. The lowest BCUT2D eigenvalue weighted by Crippen LogP contribution is -2.32. The summed E-state index contributed by atoms with van der Waals surface area (Å²) >= 11 is 0. The van der Waals surface area contributed by atoms with Crippen LogP contribution in [0.2, 0.25) is 0 Å². The standard InChI is InChI=1S/C14H29NO2/c1-4-8-15-12(2)10-13(3)17-11-14-7-5-6-9-16-14/h12-15H,4-11H2,1-3H3. The fraction of sp³-hybridized carbons (Fsp3) is 1.00. The highest BCUT2D eigenvalue weighted by atomic mass is 16.5. The highest BCUT2D eigenvalue weighted by molar-refractivity contribution is 4.67. The van der Waals surface area contributed by atoms with E-state index in [4.69, 9.17) is 9.47 Å². The number of nitrogens with one attached hydrogen (secondary N) is 1. The van der Waals surface area contributed by atoms with Crippen molar-refractivity contribution in [2.45, 2.75) is 71.1 Å². The summed E-state index contributed by atoms with van der Waals surface area (Å²) in [7, 11) is 0. The minimum Gasteiger partial charge on any atom is -0.376 e. The van der Waals surface area contributed by atoms with Gasteiger partial charge in [-0.1, -0.05) is 6.92 Å². The number of hydrogen-bond acceptors (Lipinski definition) is 3. The Morgan fingerprint density at radius 3 is 2.82 bits per heavy atom. The minimum atomic E-state index is 0.319. The van der Waals surface area contributed by atoms with E-state index in [1.54, 1.807) is 0 Å². The van der Waals surface area contributed by atoms with Crippen molar-refractivity contribution in [3.8, 4) is 0 Å². The predicted octanol–water partition coefficient (Wildman–Crippen LogP) is 2.74. The molecule has 3 nitrogen and oxygen atoms in total. The third kappa shape index (κ3) is 7.02. The lowest BCUT2D eigenvalue weighted by molar-refractivity contribution is -0.0616. The predicted molar refractivity (Wildman–Crippen MR) is 71.4 cm³/mol. The van der Waals surface area contributed by atoms with Gasteiger partial charge in [0.25, 0.3) is 0 Å². The molecule has 1 aliphatic heterocycles. The van der Waals surface area contributed by atoms with E-state index in [9.17, 15) is 0 Å². The van der Waals surface area contributed by atoms with Crippen LogP contribution in [0.3, 0.4) is 0 Å². The molecule has 0 amide bonds. The Labute approximate surface area is 106 Å². The molecule has 1 fully saturated rings. The van der Waals surface area contributed by atoms with Crippen molar-refractivity contribution in [3.05, 3.63) is 0 Å². The maximum atomic E-state index is 5.87. The van der Waals surface area contributed by atoms with E-state index >= 15 is 0 Å². The molecule has 102 valence electrons. The SMILES string of the molecule is CCCNC(C)CC(C)OCC1CCCCO1. The van der Waals surface area contributed by atoms with Crippen molar-refractivity contribution < 1.29 is 9.47 Å². The molecule has 0 spiro atoms. The van der Waals surface area contributed by atoms with Gasteiger partial charge in [-0.25, -0.2) is 0 Å². The average Bonchev–Trinajstić information content (AvgIpc) is 2.35. The first-order valence-corrected chi connectivity index (χ1v) is 7.19. The topological polar surface area (TPSA) is 30.5 Å². The molecule has 0 aromatic rings. The van der Waals surface area contributed by atoms with Crippen molar-refractivity contribution in [2.24, 2.45) is 0 Å². The van der Waals surface area contributed by atoms with Crippen LogP contribution in [0.5, 0.6) is 0 Å². The second-order valence-electron chi connectivity index (χ2n) is 5.22. The van der Waals surface area contributed by atoms with Crippen LogP contribution in [0.1, 0.15) is 52.9 Å². The van der Waals surface area contributed by atoms with Crippen LogP contribution in [0.15, 0.2) is 0 Å². The molecule has 3 heteroatoms. The van der Waals surface area contributed by atoms with Gasteiger partial charge in [0, 0.05) is 12.6 Å². The summed E-state index contributed by atoms with van der Waals surface area (Å²) in [5, 5.41) is 3.49. The Hall–Kier alpha value is -0.120. The molecular weight excluding hydrogens is 214 g/mol. The van der Waals surface area contributed by atoms with Gasteiger partial charge in [0.15, 0.2) is 0 Å². The lowest BCUT2D eigenvalue weighted by Gasteiger charge is -2.25. The van der Waals surface area contributed by atoms with E-state index in [1.807, 2.05) is 0 Å². The van der Waals surface area contributed by atoms with Crippen molar-refractivity contribution in [2.75, 3.05) is 19.8 Å². The van der Waals surface area contributed by atoms with Gasteiger partial charge in [-0.05, 0) is 52.5 Å². The molecular formula is C14H29NO2. The molecule has 0 saturated carbocycles. The van der Waals surface area contributed by atoms with Gasteiger partial charge in [-0.3, -0.25) is 0 Å². The molecule has 3 unspecified atom stereocenters. The van der Waals surface area contributed by atoms with Crippen LogP contribution in [-0.4, -0.2) is 38.0 Å². The second-order valence-corrected chi connectivity index (χ2v) is 5.22. The summed E-state index contributed by atoms with van der Waals surface area (Å²) < 4.78 is 11.5. The summed E-state index contributed by atoms with van der Waals surface area (Å²) in [6, 6.07) is 0.539. The summed E-state index contributed by atoms with van der Waals surface area (Å²) in [5.41, 5.74) is 0. The zero-order chi connectivity index (χ0) is 12.5. The third-order valence-corrected chi connectivity index (χ3v) is 3.27. The summed E-state index contributed by atoms with van der Waals surface area (Å²) in [5.74, 6) is 0. The Morgan fingerprint density at radius 2 is 2.18 bits per heavy atom. The van der Waals surface area contributed by atoms with Crippen LogP contribution < -0.4 is 5.32 Å². The maximum Gasteiger partial charge on any atom is 0.0808 e. The Kier molecular flexibility index (Phi) is 7.82. The molecule has 0 aromatic heterocycles. The van der Waals surface area contributed by atoms with Crippen LogP contribution >= 0.6 is 0 Å². The average molecular weight is 243 g/mol. The van der Waals surface area contributed by atoms with Gasteiger partial charge in [0.2, 0.25) is 0 Å². The summed E-state index contributed by atoms with van der Waals surface area (Å²) in [6.07, 6.45) is 6.59. The van der Waals surface area contributed by atoms with Gasteiger partial charge in [-0.2, -0.15) is 0 Å². The van der Waals surface area contributed by atoms with Crippen LogP contribution in [0.25, 0.3) is 0 Å². The zero-order valence-electron chi connectivity index (χ0n) is 11.7. The van der Waals surface area contributed by atoms with Crippen LogP contribution in [0.4, 0.5) is 0 Å². The fourth-order valence-electron chi connectivity index (χ4n) is 2.25. The molecule has 1 saturated heterocycles. The quantitative estimate of drug-likeness (QED) is 0.711. The highest BCUT2D eigenvalue weighted by Gasteiger charge is 2.16. The molecule has 0 aliphatic carbocycles. The van der Waals surface area contributed by atoms with Gasteiger partial charge in [0.1, 0.15) is 0 Å². The number of ether oxygens (including phenoxy) is 2. The normalized spacial score (nSPS) is 24.5. The van der Waals surface area contributed by atoms with Gasteiger partial charge >= 0.3 is 0 Å². The first kappa shape index (κ1) is 14.9. The molecule has 1 heterocycles. The number of rotatable bonds is 8. The van der Waals surface area contributed by atoms with E-state index in [1.165, 1.54) is 19.3 Å². The Bertz CT molecular complexity index is 181. The maximum absolute atomic E-state index is 5.87. The van der Waals surface area contributed by atoms with Crippen molar-refractivity contribution >= 4 is 0 Å². The van der Waals surface area contributed by atoms with E-state index < -0.39 is 0 Å². The Balaban J connectivity index is 2.05. The molecule has 0 aromatic carbocycles. The second kappa shape index (κ2) is 8.90. The molecule has 17 heavy (non-hydrogen) atoms. The molecule has 1 rings (SSSR count). The smallest absolute Gasteiger partial charge is 0.0808 e. The van der Waals surface area contributed by atoms with Crippen molar-refractivity contribution in [1.82, 2.24) is 5.32 Å². The fourth-order valence-corrected chi connectivity index (χ4v) is 2.25. The first-order chi connectivity index (χ1) is 8.22. The number of hydrogen-bond donors (Lipinski definition) is 1. The minimum absolute atomic E-state index is 0.319. The van der Waals surface area contributed by atoms with Crippen molar-refractivity contribution in [3.63, 3.8) is 0 Å². The molecule has 3 atom stereocenters. The van der Waals surface area contributed by atoms with E-state index in [2.05, 4.69) is 26.1 Å². The Morgan fingerprint density at radius 1 is 1.35 bits per heavy atom. The van der Waals surface area contributed by atoms with E-state index in [0.29, 0.717) is 18.2 Å². The lowest BCUT2D eigenvalue weighted by atomic mass is 10.1. The molecule has 1 N–H and O–H groups in total. The van der Waals surface area contributed by atoms with E-state index in [-0.39, 0.29) is 0 Å². The van der Waals surface area contributed by atoms with Gasteiger partial charge in [-0.15, -0.1) is 0 Å². The molecule has 1 aliphatic rings. The largest absolute Gasteiger partial charge is 0.376 e. The highest BCUT2D eigenvalue weighted by Crippen LogP contribution is 2.14. The van der Waals surface area contributed by atoms with Crippen LogP contribution in [0, 0.1) is 0 Å². The van der Waals surface area contributed by atoms with Gasteiger partial charge < -0.3 is 14.8 Å². The van der Waals surface area contributed by atoms with Crippen molar-refractivity contribution in [1.29, 1.82) is 0 Å². The van der Waals surface area contributed by atoms with Gasteiger partial charge in [0.05, 0.1) is 18.8 Å². The third-order valence-electron chi connectivity index (χ3n) is 3.27. The zero-order valence-corrected chi connectivity index (χ0v) is 11.7.